The summed E-state index contributed by atoms with van der Waals surface area (Å²) >= 11 is 0. The number of sulfonamides is 1. The summed E-state index contributed by atoms with van der Waals surface area (Å²) in [5, 5.41) is 2.64. The largest absolute Gasteiger partial charge is 0.573 e. The molecule has 2 aromatic rings. The molecule has 1 unspecified atom stereocenters. The Kier molecular flexibility index (Phi) is 6.45. The highest BCUT2D eigenvalue weighted by molar-refractivity contribution is 7.89. The van der Waals surface area contributed by atoms with Gasteiger partial charge in [0.05, 0.1) is 17.5 Å². The highest BCUT2D eigenvalue weighted by atomic mass is 32.2. The molecule has 0 aromatic heterocycles. The van der Waals surface area contributed by atoms with Gasteiger partial charge in [-0.3, -0.25) is 4.79 Å². The van der Waals surface area contributed by atoms with Crippen LogP contribution in [0, 0.1) is 0 Å². The van der Waals surface area contributed by atoms with E-state index in [0.717, 1.165) is 29.8 Å². The van der Waals surface area contributed by atoms with Crippen molar-refractivity contribution in [2.24, 2.45) is 0 Å². The molecule has 6 nitrogen and oxygen atoms in total. The summed E-state index contributed by atoms with van der Waals surface area (Å²) in [6, 6.07) is 12.4. The van der Waals surface area contributed by atoms with E-state index in [9.17, 15) is 26.4 Å². The number of benzene rings is 2. The lowest BCUT2D eigenvalue weighted by Crippen LogP contribution is -2.38. The van der Waals surface area contributed by atoms with Crippen LogP contribution in [0.15, 0.2) is 59.5 Å². The summed E-state index contributed by atoms with van der Waals surface area (Å²) in [6.45, 7) is 1.24. The average Bonchev–Trinajstić information content (AvgIpc) is 2.60. The zero-order valence-corrected chi connectivity index (χ0v) is 15.0. The Balaban J connectivity index is 1.93. The van der Waals surface area contributed by atoms with Gasteiger partial charge in [-0.1, -0.05) is 30.3 Å². The molecule has 0 radical (unpaired) electrons. The Labute approximate surface area is 154 Å². The number of alkyl halides is 3. The van der Waals surface area contributed by atoms with E-state index < -0.39 is 34.6 Å². The third kappa shape index (κ3) is 6.57. The number of carbonyl (C=O) groups is 1. The van der Waals surface area contributed by atoms with Gasteiger partial charge in [0.2, 0.25) is 15.9 Å². The fraction of sp³-hybridized carbons (Fsp3) is 0.235. The predicted molar refractivity (Wildman–Crippen MR) is 91.3 cm³/mol. The standard InChI is InChI=1S/C17H17F3N2O4S/c1-12(13-5-3-2-4-6-13)22-16(23)11-21-27(24,25)15-9-7-14(8-10-15)26-17(18,19)20/h2-10,12,21H,11H2,1H3,(H,22,23). The van der Waals surface area contributed by atoms with Crippen LogP contribution in [0.5, 0.6) is 5.75 Å². The number of hydrogen-bond donors (Lipinski definition) is 2. The van der Waals surface area contributed by atoms with Crippen LogP contribution >= 0.6 is 0 Å². The average molecular weight is 402 g/mol. The number of amides is 1. The van der Waals surface area contributed by atoms with Crippen molar-refractivity contribution in [2.75, 3.05) is 6.54 Å². The number of carbonyl (C=O) groups excluding carboxylic acids is 1. The molecule has 0 aliphatic carbocycles. The van der Waals surface area contributed by atoms with E-state index in [2.05, 4.69) is 14.8 Å². The lowest BCUT2D eigenvalue weighted by Gasteiger charge is -2.15. The quantitative estimate of drug-likeness (QED) is 0.746. The monoisotopic (exact) mass is 402 g/mol. The lowest BCUT2D eigenvalue weighted by molar-refractivity contribution is -0.274. The number of ether oxygens (including phenoxy) is 1. The van der Waals surface area contributed by atoms with Gasteiger partial charge in [-0.05, 0) is 36.8 Å². The molecule has 0 aliphatic rings. The molecule has 0 fully saturated rings. The first-order valence-electron chi connectivity index (χ1n) is 7.76. The van der Waals surface area contributed by atoms with Gasteiger partial charge in [0.25, 0.3) is 0 Å². The van der Waals surface area contributed by atoms with Gasteiger partial charge in [0, 0.05) is 0 Å². The van der Waals surface area contributed by atoms with Gasteiger partial charge in [-0.2, -0.15) is 0 Å². The fourth-order valence-electron chi connectivity index (χ4n) is 2.18. The summed E-state index contributed by atoms with van der Waals surface area (Å²) in [7, 11) is -4.06. The third-order valence-electron chi connectivity index (χ3n) is 3.47. The van der Waals surface area contributed by atoms with E-state index in [0.29, 0.717) is 0 Å². The molecule has 1 amide bonds. The van der Waals surface area contributed by atoms with E-state index in [1.54, 1.807) is 6.92 Å². The minimum absolute atomic E-state index is 0.291. The van der Waals surface area contributed by atoms with Gasteiger partial charge in [-0.25, -0.2) is 13.1 Å². The number of nitrogens with one attached hydrogen (secondary N) is 2. The third-order valence-corrected chi connectivity index (χ3v) is 4.88. The molecule has 27 heavy (non-hydrogen) atoms. The van der Waals surface area contributed by atoms with Crippen molar-refractivity contribution in [3.05, 3.63) is 60.2 Å². The molecule has 0 heterocycles. The molecule has 1 atom stereocenters. The van der Waals surface area contributed by atoms with E-state index >= 15 is 0 Å². The van der Waals surface area contributed by atoms with Crippen LogP contribution in [-0.2, 0) is 14.8 Å². The Morgan fingerprint density at radius 3 is 2.22 bits per heavy atom. The topological polar surface area (TPSA) is 84.5 Å². The van der Waals surface area contributed by atoms with Crippen molar-refractivity contribution in [3.8, 4) is 5.75 Å². The smallest absolute Gasteiger partial charge is 0.406 e. The number of rotatable bonds is 7. The Morgan fingerprint density at radius 2 is 1.67 bits per heavy atom. The van der Waals surface area contributed by atoms with Crippen molar-refractivity contribution >= 4 is 15.9 Å². The predicted octanol–water partition coefficient (Wildman–Crippen LogP) is 2.74. The summed E-state index contributed by atoms with van der Waals surface area (Å²) in [4.78, 5) is 11.6. The Morgan fingerprint density at radius 1 is 1.07 bits per heavy atom. The maximum Gasteiger partial charge on any atom is 0.573 e. The van der Waals surface area contributed by atoms with Crippen LogP contribution in [0.2, 0.25) is 0 Å². The molecular weight excluding hydrogens is 385 g/mol. The molecule has 146 valence electrons. The first-order valence-corrected chi connectivity index (χ1v) is 9.25. The molecule has 10 heteroatoms. The van der Waals surface area contributed by atoms with E-state index in [1.165, 1.54) is 0 Å². The molecule has 2 rings (SSSR count). The van der Waals surface area contributed by atoms with Crippen LogP contribution in [0.3, 0.4) is 0 Å². The summed E-state index contributed by atoms with van der Waals surface area (Å²) in [6.07, 6.45) is -4.87. The fourth-order valence-corrected chi connectivity index (χ4v) is 3.16. The highest BCUT2D eigenvalue weighted by Gasteiger charge is 2.31. The van der Waals surface area contributed by atoms with Gasteiger partial charge < -0.3 is 10.1 Å². The zero-order valence-electron chi connectivity index (χ0n) is 14.2. The van der Waals surface area contributed by atoms with Crippen LogP contribution in [0.4, 0.5) is 13.2 Å². The molecule has 0 saturated carbocycles. The van der Waals surface area contributed by atoms with Crippen LogP contribution < -0.4 is 14.8 Å². The highest BCUT2D eigenvalue weighted by Crippen LogP contribution is 2.23. The van der Waals surface area contributed by atoms with E-state index in [1.807, 2.05) is 30.3 Å². The minimum atomic E-state index is -4.87. The first kappa shape index (κ1) is 20.7. The second-order valence-electron chi connectivity index (χ2n) is 5.54. The Hall–Kier alpha value is -2.59. The zero-order chi connectivity index (χ0) is 20.1. The molecule has 2 N–H and O–H groups in total. The first-order chi connectivity index (χ1) is 12.6. The van der Waals surface area contributed by atoms with Crippen molar-refractivity contribution < 1.29 is 31.1 Å². The second-order valence-corrected chi connectivity index (χ2v) is 7.31. The molecule has 2 aromatic carbocycles. The molecule has 0 saturated heterocycles. The normalized spacial score (nSPS) is 13.0. The van der Waals surface area contributed by atoms with Gasteiger partial charge in [0.1, 0.15) is 5.75 Å². The van der Waals surface area contributed by atoms with Crippen LogP contribution in [-0.4, -0.2) is 27.2 Å². The van der Waals surface area contributed by atoms with Crippen LogP contribution in [0.25, 0.3) is 0 Å². The molecule has 0 spiro atoms. The van der Waals surface area contributed by atoms with Crippen molar-refractivity contribution in [3.63, 3.8) is 0 Å². The molecular formula is C17H17F3N2O4S. The minimum Gasteiger partial charge on any atom is -0.406 e. The Bertz CT molecular complexity index is 869. The van der Waals surface area contributed by atoms with E-state index in [-0.39, 0.29) is 10.9 Å². The van der Waals surface area contributed by atoms with Gasteiger partial charge >= 0.3 is 6.36 Å². The second kappa shape index (κ2) is 8.40. The lowest BCUT2D eigenvalue weighted by atomic mass is 10.1. The summed E-state index contributed by atoms with van der Waals surface area (Å²) < 4.78 is 66.4. The molecule has 0 aliphatic heterocycles. The SMILES string of the molecule is CC(NC(=O)CNS(=O)(=O)c1ccc(OC(F)(F)F)cc1)c1ccccc1. The maximum atomic E-state index is 12.1. The van der Waals surface area contributed by atoms with E-state index in [4.69, 9.17) is 0 Å². The summed E-state index contributed by atoms with van der Waals surface area (Å²) in [5.41, 5.74) is 0.856. The molecule has 0 bridgehead atoms. The van der Waals surface area contributed by atoms with Gasteiger partial charge in [0.15, 0.2) is 0 Å². The number of halogens is 3. The number of hydrogen-bond acceptors (Lipinski definition) is 4. The maximum absolute atomic E-state index is 12.1. The van der Waals surface area contributed by atoms with Gasteiger partial charge in [-0.15, -0.1) is 13.2 Å². The van der Waals surface area contributed by atoms with Crippen molar-refractivity contribution in [1.29, 1.82) is 0 Å². The van der Waals surface area contributed by atoms with Crippen molar-refractivity contribution in [2.45, 2.75) is 24.2 Å². The summed E-state index contributed by atoms with van der Waals surface area (Å²) in [5.74, 6) is -1.09. The van der Waals surface area contributed by atoms with Crippen molar-refractivity contribution in [1.82, 2.24) is 10.0 Å². The van der Waals surface area contributed by atoms with Crippen LogP contribution in [0.1, 0.15) is 18.5 Å².